The first-order chi connectivity index (χ1) is 16.4. The first-order valence-corrected chi connectivity index (χ1v) is 11.3. The third-order valence-corrected chi connectivity index (χ3v) is 6.81. The number of hydrogen-bond donors (Lipinski definition) is 1. The Morgan fingerprint density at radius 3 is 2.47 bits per heavy atom. The molecule has 3 aromatic carbocycles. The van der Waals surface area contributed by atoms with Gasteiger partial charge in [0.05, 0.1) is 28.9 Å². The van der Waals surface area contributed by atoms with Crippen LogP contribution in [0.2, 0.25) is 5.02 Å². The molecule has 34 heavy (non-hydrogen) atoms. The predicted octanol–water partition coefficient (Wildman–Crippen LogP) is 5.72. The van der Waals surface area contributed by atoms with Crippen LogP contribution in [0, 0.1) is 5.82 Å². The minimum absolute atomic E-state index is 0.115. The van der Waals surface area contributed by atoms with Crippen LogP contribution in [0.1, 0.15) is 17.2 Å². The van der Waals surface area contributed by atoms with Gasteiger partial charge in [0.2, 0.25) is 0 Å². The topological polar surface area (TPSA) is 79.7 Å². The van der Waals surface area contributed by atoms with Crippen LogP contribution in [0.25, 0.3) is 16.0 Å². The SMILES string of the molecule is COc1ccc2nc(N3C(=O)C(=O)C(=C(O)c4ccc(F)cc4)C3c3ccc(Cl)cc3)sc2c1. The summed E-state index contributed by atoms with van der Waals surface area (Å²) >= 11 is 7.28. The number of Topliss-reactive ketones (excluding diaryl/α,β-unsaturated/α-hetero) is 1. The maximum absolute atomic E-state index is 13.4. The molecule has 1 saturated heterocycles. The van der Waals surface area contributed by atoms with Gasteiger partial charge in [-0.25, -0.2) is 9.37 Å². The van der Waals surface area contributed by atoms with Gasteiger partial charge in [0.15, 0.2) is 5.13 Å². The molecule has 170 valence electrons. The zero-order valence-electron chi connectivity index (χ0n) is 17.7. The zero-order chi connectivity index (χ0) is 24.0. The van der Waals surface area contributed by atoms with E-state index in [2.05, 4.69) is 4.98 Å². The van der Waals surface area contributed by atoms with Crippen molar-refractivity contribution >= 4 is 55.7 Å². The van der Waals surface area contributed by atoms with Crippen LogP contribution in [-0.4, -0.2) is 28.9 Å². The summed E-state index contributed by atoms with van der Waals surface area (Å²) < 4.78 is 19.5. The Morgan fingerprint density at radius 1 is 1.09 bits per heavy atom. The molecule has 9 heteroatoms. The van der Waals surface area contributed by atoms with Crippen molar-refractivity contribution in [3.8, 4) is 5.75 Å². The second-order valence-electron chi connectivity index (χ2n) is 7.56. The fourth-order valence-corrected chi connectivity index (χ4v) is 5.02. The summed E-state index contributed by atoms with van der Waals surface area (Å²) in [7, 11) is 1.55. The van der Waals surface area contributed by atoms with E-state index in [0.717, 1.165) is 4.70 Å². The van der Waals surface area contributed by atoms with E-state index in [0.29, 0.717) is 27.0 Å². The summed E-state index contributed by atoms with van der Waals surface area (Å²) in [5.41, 5.74) is 1.29. The van der Waals surface area contributed by atoms with Crippen molar-refractivity contribution in [3.63, 3.8) is 0 Å². The number of carbonyl (C=O) groups is 2. The van der Waals surface area contributed by atoms with Crippen molar-refractivity contribution in [2.75, 3.05) is 12.0 Å². The maximum atomic E-state index is 13.4. The Bertz CT molecular complexity index is 1460. The van der Waals surface area contributed by atoms with Gasteiger partial charge in [-0.15, -0.1) is 0 Å². The summed E-state index contributed by atoms with van der Waals surface area (Å²) in [4.78, 5) is 32.3. The minimum atomic E-state index is -0.954. The molecule has 1 unspecified atom stereocenters. The van der Waals surface area contributed by atoms with E-state index in [-0.39, 0.29) is 11.1 Å². The Kier molecular flexibility index (Phi) is 5.55. The third kappa shape index (κ3) is 3.70. The van der Waals surface area contributed by atoms with E-state index in [4.69, 9.17) is 16.3 Å². The van der Waals surface area contributed by atoms with E-state index < -0.39 is 29.3 Å². The number of ether oxygens (including phenoxy) is 1. The van der Waals surface area contributed by atoms with Crippen molar-refractivity contribution < 1.29 is 23.8 Å². The Balaban J connectivity index is 1.71. The van der Waals surface area contributed by atoms with Gasteiger partial charge in [0.1, 0.15) is 17.3 Å². The number of fused-ring (bicyclic) bond motifs is 1. The lowest BCUT2D eigenvalue weighted by molar-refractivity contribution is -0.132. The average Bonchev–Trinajstić information content (AvgIpc) is 3.37. The van der Waals surface area contributed by atoms with E-state index >= 15 is 0 Å². The van der Waals surface area contributed by atoms with E-state index in [1.165, 1.54) is 40.5 Å². The standard InChI is InChI=1S/C25H16ClFN2O4S/c1-33-17-10-11-18-19(12-17)34-25(28-18)29-21(13-2-6-15(26)7-3-13)20(23(31)24(29)32)22(30)14-4-8-16(27)9-5-14/h2-12,21,30H,1H3. The number of aliphatic hydroxyl groups excluding tert-OH is 1. The van der Waals surface area contributed by atoms with Crippen molar-refractivity contribution in [3.05, 3.63) is 94.3 Å². The van der Waals surface area contributed by atoms with Crippen molar-refractivity contribution in [1.29, 1.82) is 0 Å². The number of halogens is 2. The highest BCUT2D eigenvalue weighted by Gasteiger charge is 2.48. The van der Waals surface area contributed by atoms with Crippen LogP contribution in [0.5, 0.6) is 5.75 Å². The number of methoxy groups -OCH3 is 1. The first kappa shape index (κ1) is 22.1. The fourth-order valence-electron chi connectivity index (χ4n) is 3.88. The van der Waals surface area contributed by atoms with Crippen LogP contribution in [0.4, 0.5) is 9.52 Å². The monoisotopic (exact) mass is 494 g/mol. The van der Waals surface area contributed by atoms with Crippen molar-refractivity contribution in [1.82, 2.24) is 4.98 Å². The highest BCUT2D eigenvalue weighted by molar-refractivity contribution is 7.22. The molecule has 1 aromatic heterocycles. The summed E-state index contributed by atoms with van der Waals surface area (Å²) in [5.74, 6) is -1.94. The number of hydrogen-bond acceptors (Lipinski definition) is 6. The molecular formula is C25H16ClFN2O4S. The predicted molar refractivity (Wildman–Crippen MR) is 129 cm³/mol. The molecule has 1 aliphatic heterocycles. The lowest BCUT2D eigenvalue weighted by Gasteiger charge is -2.23. The number of carbonyl (C=O) groups excluding carboxylic acids is 2. The van der Waals surface area contributed by atoms with Crippen LogP contribution < -0.4 is 9.64 Å². The highest BCUT2D eigenvalue weighted by atomic mass is 35.5. The quantitative estimate of drug-likeness (QED) is 0.223. The van der Waals surface area contributed by atoms with E-state index in [9.17, 15) is 19.1 Å². The molecule has 1 N–H and O–H groups in total. The van der Waals surface area contributed by atoms with Crippen LogP contribution in [0.3, 0.4) is 0 Å². The molecule has 2 heterocycles. The molecule has 0 aliphatic carbocycles. The van der Waals surface area contributed by atoms with Gasteiger partial charge in [-0.05, 0) is 60.2 Å². The highest BCUT2D eigenvalue weighted by Crippen LogP contribution is 2.44. The summed E-state index contributed by atoms with van der Waals surface area (Å²) in [6.45, 7) is 0. The number of anilines is 1. The van der Waals surface area contributed by atoms with Gasteiger partial charge in [-0.1, -0.05) is 35.1 Å². The van der Waals surface area contributed by atoms with Gasteiger partial charge < -0.3 is 9.84 Å². The largest absolute Gasteiger partial charge is 0.507 e. The van der Waals surface area contributed by atoms with E-state index in [1.54, 1.807) is 49.6 Å². The molecule has 1 fully saturated rings. The van der Waals surface area contributed by atoms with Gasteiger partial charge in [0.25, 0.3) is 5.78 Å². The number of benzene rings is 3. The zero-order valence-corrected chi connectivity index (χ0v) is 19.2. The summed E-state index contributed by atoms with van der Waals surface area (Å²) in [5, 5.41) is 11.8. The van der Waals surface area contributed by atoms with Crippen molar-refractivity contribution in [2.24, 2.45) is 0 Å². The lowest BCUT2D eigenvalue weighted by Crippen LogP contribution is -2.29. The summed E-state index contributed by atoms with van der Waals surface area (Å²) in [6.07, 6.45) is 0. The lowest BCUT2D eigenvalue weighted by atomic mass is 9.95. The molecule has 0 radical (unpaired) electrons. The van der Waals surface area contributed by atoms with Gasteiger partial charge in [-0.2, -0.15) is 0 Å². The van der Waals surface area contributed by atoms with Crippen molar-refractivity contribution in [2.45, 2.75) is 6.04 Å². The first-order valence-electron chi connectivity index (χ1n) is 10.1. The number of nitrogens with zero attached hydrogens (tertiary/aromatic N) is 2. The van der Waals surface area contributed by atoms with Crippen LogP contribution in [0.15, 0.2) is 72.3 Å². The molecule has 5 rings (SSSR count). The fraction of sp³-hybridized carbons (Fsp3) is 0.0800. The molecule has 0 saturated carbocycles. The smallest absolute Gasteiger partial charge is 0.301 e. The molecular weight excluding hydrogens is 479 g/mol. The molecule has 1 amide bonds. The van der Waals surface area contributed by atoms with E-state index in [1.807, 2.05) is 0 Å². The van der Waals surface area contributed by atoms with Crippen LogP contribution in [-0.2, 0) is 9.59 Å². The molecule has 6 nitrogen and oxygen atoms in total. The Labute approximate surface area is 202 Å². The van der Waals surface area contributed by atoms with Gasteiger partial charge in [0, 0.05) is 10.6 Å². The molecule has 1 atom stereocenters. The minimum Gasteiger partial charge on any atom is -0.507 e. The van der Waals surface area contributed by atoms with Gasteiger partial charge in [-0.3, -0.25) is 14.5 Å². The third-order valence-electron chi connectivity index (χ3n) is 5.54. The Hall–Kier alpha value is -3.75. The average molecular weight is 495 g/mol. The second kappa shape index (κ2) is 8.55. The Morgan fingerprint density at radius 2 is 1.79 bits per heavy atom. The van der Waals surface area contributed by atoms with Crippen LogP contribution >= 0.6 is 22.9 Å². The van der Waals surface area contributed by atoms with Gasteiger partial charge >= 0.3 is 5.91 Å². The maximum Gasteiger partial charge on any atom is 0.301 e. The number of aromatic nitrogens is 1. The molecule has 0 spiro atoms. The second-order valence-corrected chi connectivity index (χ2v) is 9.00. The normalized spacial score (nSPS) is 17.5. The summed E-state index contributed by atoms with van der Waals surface area (Å²) in [6, 6.07) is 16.0. The number of ketones is 1. The molecule has 4 aromatic rings. The molecule has 1 aliphatic rings. The number of thiazole rings is 1. The number of amides is 1. The number of aliphatic hydroxyl groups is 1. The number of rotatable bonds is 4. The molecule has 0 bridgehead atoms.